The van der Waals surface area contributed by atoms with Gasteiger partial charge in [0.1, 0.15) is 0 Å². The molecule has 3 rings (SSSR count). The van der Waals surface area contributed by atoms with Crippen LogP contribution in [0.15, 0.2) is 34.4 Å². The summed E-state index contributed by atoms with van der Waals surface area (Å²) in [6, 6.07) is 5.09. The van der Waals surface area contributed by atoms with E-state index in [4.69, 9.17) is 4.74 Å². The zero-order valence-corrected chi connectivity index (χ0v) is 17.7. The molecule has 0 unspecified atom stereocenters. The molecule has 0 radical (unpaired) electrons. The van der Waals surface area contributed by atoms with Crippen LogP contribution in [0.25, 0.3) is 0 Å². The Balaban J connectivity index is 1.44. The molecule has 0 spiro atoms. The van der Waals surface area contributed by atoms with Crippen molar-refractivity contribution in [1.29, 1.82) is 0 Å². The van der Waals surface area contributed by atoms with Gasteiger partial charge in [-0.2, -0.15) is 13.2 Å². The summed E-state index contributed by atoms with van der Waals surface area (Å²) in [5, 5.41) is 1.70. The lowest BCUT2D eigenvalue weighted by Gasteiger charge is -2.36. The van der Waals surface area contributed by atoms with Crippen molar-refractivity contribution in [2.45, 2.75) is 26.1 Å². The number of aryl methyl sites for hydroxylation is 1. The average Bonchev–Trinajstić information content (AvgIpc) is 3.07. The van der Waals surface area contributed by atoms with Crippen molar-refractivity contribution in [2.24, 2.45) is 0 Å². The van der Waals surface area contributed by atoms with E-state index in [-0.39, 0.29) is 23.7 Å². The molecule has 1 aromatic heterocycles. The quantitative estimate of drug-likeness (QED) is 0.624. The lowest BCUT2D eigenvalue weighted by Crippen LogP contribution is -2.50. The molecule has 0 atom stereocenters. The molecule has 1 fully saturated rings. The van der Waals surface area contributed by atoms with Gasteiger partial charge in [0.05, 0.1) is 12.0 Å². The molecule has 2 aromatic rings. The number of aromatic nitrogens is 1. The number of rotatable bonds is 6. The van der Waals surface area contributed by atoms with Gasteiger partial charge in [-0.3, -0.25) is 14.4 Å². The molecule has 1 aromatic carbocycles. The van der Waals surface area contributed by atoms with Crippen LogP contribution < -0.4 is 9.77 Å². The fraction of sp³-hybridized carbons (Fsp3) is 0.450. The van der Waals surface area contributed by atoms with Crippen molar-refractivity contribution in [3.05, 3.63) is 50.6 Å². The number of piperazine rings is 1. The van der Waals surface area contributed by atoms with E-state index in [1.807, 2.05) is 0 Å². The Morgan fingerprint density at radius 3 is 2.48 bits per heavy atom. The fourth-order valence-electron chi connectivity index (χ4n) is 3.28. The second-order valence-corrected chi connectivity index (χ2v) is 7.94. The first-order valence-corrected chi connectivity index (χ1v) is 10.5. The number of carbonyl (C=O) groups excluding carboxylic acids is 2. The van der Waals surface area contributed by atoms with Crippen LogP contribution in [0.1, 0.15) is 17.7 Å². The van der Waals surface area contributed by atoms with Crippen molar-refractivity contribution in [1.82, 2.24) is 9.47 Å². The summed E-state index contributed by atoms with van der Waals surface area (Å²) in [5.41, 5.74) is 0.500. The van der Waals surface area contributed by atoms with Crippen LogP contribution in [0.3, 0.4) is 0 Å². The molecule has 31 heavy (non-hydrogen) atoms. The summed E-state index contributed by atoms with van der Waals surface area (Å²) in [6.45, 7) is 2.94. The van der Waals surface area contributed by atoms with Crippen molar-refractivity contribution in [3.8, 4) is 0 Å². The highest BCUT2D eigenvalue weighted by Gasteiger charge is 2.31. The molecule has 1 amide bonds. The first-order chi connectivity index (χ1) is 14.6. The van der Waals surface area contributed by atoms with E-state index in [2.05, 4.69) is 0 Å². The molecule has 1 saturated heterocycles. The minimum Gasteiger partial charge on any atom is -0.456 e. The van der Waals surface area contributed by atoms with Gasteiger partial charge in [0.2, 0.25) is 0 Å². The lowest BCUT2D eigenvalue weighted by atomic mass is 10.1. The van der Waals surface area contributed by atoms with Gasteiger partial charge >= 0.3 is 17.0 Å². The minimum absolute atomic E-state index is 0.0198. The van der Waals surface area contributed by atoms with Crippen LogP contribution in [0, 0.1) is 6.92 Å². The van der Waals surface area contributed by atoms with Crippen molar-refractivity contribution >= 4 is 28.9 Å². The van der Waals surface area contributed by atoms with Gasteiger partial charge in [0, 0.05) is 49.5 Å². The van der Waals surface area contributed by atoms with Crippen LogP contribution in [-0.4, -0.2) is 54.1 Å². The minimum atomic E-state index is -4.41. The third kappa shape index (κ3) is 5.87. The molecule has 7 nitrogen and oxygen atoms in total. The number of anilines is 1. The first kappa shape index (κ1) is 22.9. The number of esters is 1. The maximum Gasteiger partial charge on any atom is 0.416 e. The predicted octanol–water partition coefficient (Wildman–Crippen LogP) is 2.52. The highest BCUT2D eigenvalue weighted by atomic mass is 32.1. The number of alkyl halides is 3. The van der Waals surface area contributed by atoms with E-state index in [0.717, 1.165) is 29.2 Å². The number of amides is 1. The highest BCUT2D eigenvalue weighted by Crippen LogP contribution is 2.31. The third-order valence-corrected chi connectivity index (χ3v) is 5.92. The van der Waals surface area contributed by atoms with Gasteiger partial charge in [0.15, 0.2) is 6.61 Å². The zero-order chi connectivity index (χ0) is 22.6. The Morgan fingerprint density at radius 1 is 1.16 bits per heavy atom. The van der Waals surface area contributed by atoms with E-state index in [9.17, 15) is 27.6 Å². The predicted molar refractivity (Wildman–Crippen MR) is 109 cm³/mol. The number of benzene rings is 1. The normalized spacial score (nSPS) is 14.6. The fourth-order valence-corrected chi connectivity index (χ4v) is 4.04. The van der Waals surface area contributed by atoms with E-state index < -0.39 is 24.3 Å². The molecular formula is C20H22F3N3O4S. The van der Waals surface area contributed by atoms with Gasteiger partial charge in [-0.05, 0) is 25.1 Å². The molecule has 0 aliphatic carbocycles. The summed E-state index contributed by atoms with van der Waals surface area (Å²) in [4.78, 5) is 39.0. The number of carbonyl (C=O) groups is 2. The topological polar surface area (TPSA) is 71.8 Å². The average molecular weight is 457 g/mol. The summed E-state index contributed by atoms with van der Waals surface area (Å²) in [6.07, 6.45) is -4.43. The molecule has 1 aliphatic heterocycles. The second-order valence-electron chi connectivity index (χ2n) is 7.12. The van der Waals surface area contributed by atoms with Crippen LogP contribution in [-0.2, 0) is 27.0 Å². The maximum atomic E-state index is 12.9. The Hall–Kier alpha value is -2.82. The highest BCUT2D eigenvalue weighted by molar-refractivity contribution is 7.07. The number of hydrogen-bond donors (Lipinski definition) is 0. The van der Waals surface area contributed by atoms with E-state index in [1.54, 1.807) is 23.3 Å². The van der Waals surface area contributed by atoms with Crippen LogP contribution in [0.4, 0.5) is 18.9 Å². The van der Waals surface area contributed by atoms with Crippen LogP contribution in [0.5, 0.6) is 0 Å². The Kier molecular flexibility index (Phi) is 7.04. The first-order valence-electron chi connectivity index (χ1n) is 9.65. The molecule has 0 bridgehead atoms. The molecule has 1 aliphatic rings. The molecule has 11 heteroatoms. The monoisotopic (exact) mass is 457 g/mol. The smallest absolute Gasteiger partial charge is 0.416 e. The summed E-state index contributed by atoms with van der Waals surface area (Å²) >= 11 is 1.05. The summed E-state index contributed by atoms with van der Waals surface area (Å²) < 4.78 is 45.2. The zero-order valence-electron chi connectivity index (χ0n) is 16.9. The lowest BCUT2D eigenvalue weighted by molar-refractivity contribution is -0.152. The molecule has 168 valence electrons. The summed E-state index contributed by atoms with van der Waals surface area (Å²) in [7, 11) is 0. The Bertz CT molecular complexity index is 994. The van der Waals surface area contributed by atoms with Crippen LogP contribution in [0.2, 0.25) is 0 Å². The Labute approximate surface area is 180 Å². The second kappa shape index (κ2) is 9.54. The molecule has 2 heterocycles. The number of ether oxygens (including phenoxy) is 1. The Morgan fingerprint density at radius 2 is 1.87 bits per heavy atom. The van der Waals surface area contributed by atoms with E-state index in [0.29, 0.717) is 31.9 Å². The standard InChI is InChI=1S/C20H22F3N3O4S/c1-14-13-31-19(29)26(14)6-5-18(28)30-12-17(27)25-9-7-24(8-10-25)16-4-2-3-15(11-16)20(21,22)23/h2-4,11,13H,5-10,12H2,1H3. The van der Waals surface area contributed by atoms with Crippen molar-refractivity contribution < 1.29 is 27.5 Å². The van der Waals surface area contributed by atoms with Gasteiger partial charge in [0.25, 0.3) is 5.91 Å². The van der Waals surface area contributed by atoms with Gasteiger partial charge in [-0.1, -0.05) is 17.4 Å². The summed E-state index contributed by atoms with van der Waals surface area (Å²) in [5.74, 6) is -0.936. The number of nitrogens with zero attached hydrogens (tertiary/aromatic N) is 3. The molecular weight excluding hydrogens is 435 g/mol. The third-order valence-electron chi connectivity index (χ3n) is 5.04. The van der Waals surface area contributed by atoms with Crippen molar-refractivity contribution in [2.75, 3.05) is 37.7 Å². The number of halogens is 3. The molecule has 0 N–H and O–H groups in total. The van der Waals surface area contributed by atoms with Crippen LogP contribution >= 0.6 is 11.3 Å². The van der Waals surface area contributed by atoms with Gasteiger partial charge in [-0.15, -0.1) is 0 Å². The SMILES string of the molecule is Cc1csc(=O)n1CCC(=O)OCC(=O)N1CCN(c2cccc(C(F)(F)F)c2)CC1. The van der Waals surface area contributed by atoms with E-state index in [1.165, 1.54) is 15.5 Å². The number of thiazole rings is 1. The molecule has 0 saturated carbocycles. The van der Waals surface area contributed by atoms with E-state index >= 15 is 0 Å². The van der Waals surface area contributed by atoms with Crippen molar-refractivity contribution in [3.63, 3.8) is 0 Å². The van der Waals surface area contributed by atoms with Gasteiger partial charge < -0.3 is 19.1 Å². The largest absolute Gasteiger partial charge is 0.456 e. The van der Waals surface area contributed by atoms with Gasteiger partial charge in [-0.25, -0.2) is 0 Å². The maximum absolute atomic E-state index is 12.9. The number of hydrogen-bond acceptors (Lipinski definition) is 6.